The first-order valence-corrected chi connectivity index (χ1v) is 8.68. The number of nitrogens with one attached hydrogen (secondary N) is 1. The van der Waals surface area contributed by atoms with Gasteiger partial charge >= 0.3 is 0 Å². The van der Waals surface area contributed by atoms with E-state index in [2.05, 4.69) is 12.2 Å². The first-order chi connectivity index (χ1) is 10.0. The smallest absolute Gasteiger partial charge is 0.142 e. The highest BCUT2D eigenvalue weighted by molar-refractivity contribution is 6.36. The molecule has 118 valence electrons. The van der Waals surface area contributed by atoms with E-state index in [9.17, 15) is 4.39 Å². The van der Waals surface area contributed by atoms with Crippen LogP contribution in [0, 0.1) is 11.7 Å². The van der Waals surface area contributed by atoms with E-state index in [0.29, 0.717) is 16.6 Å². The second-order valence-corrected chi connectivity index (χ2v) is 6.94. The minimum atomic E-state index is -0.406. The molecular weight excluding hydrogens is 308 g/mol. The Morgan fingerprint density at radius 3 is 2.52 bits per heavy atom. The van der Waals surface area contributed by atoms with Crippen molar-refractivity contribution in [1.29, 1.82) is 0 Å². The molecule has 21 heavy (non-hydrogen) atoms. The van der Waals surface area contributed by atoms with Gasteiger partial charge in [-0.2, -0.15) is 0 Å². The van der Waals surface area contributed by atoms with Crippen molar-refractivity contribution < 1.29 is 4.39 Å². The molecule has 0 aliphatic heterocycles. The van der Waals surface area contributed by atoms with Crippen molar-refractivity contribution in [2.45, 2.75) is 64.5 Å². The molecule has 4 heteroatoms. The van der Waals surface area contributed by atoms with Crippen LogP contribution in [0.25, 0.3) is 0 Å². The van der Waals surface area contributed by atoms with Crippen molar-refractivity contribution in [3.8, 4) is 0 Å². The summed E-state index contributed by atoms with van der Waals surface area (Å²) in [5, 5.41) is 4.24. The summed E-state index contributed by atoms with van der Waals surface area (Å²) in [6, 6.07) is 3.34. The zero-order chi connectivity index (χ0) is 15.4. The topological polar surface area (TPSA) is 12.0 Å². The van der Waals surface area contributed by atoms with Gasteiger partial charge in [-0.1, -0.05) is 43.0 Å². The Hall–Kier alpha value is -0.310. The van der Waals surface area contributed by atoms with Gasteiger partial charge in [0.1, 0.15) is 5.82 Å². The molecule has 1 N–H and O–H groups in total. The summed E-state index contributed by atoms with van der Waals surface area (Å²) >= 11 is 12.3. The molecule has 0 amide bonds. The second kappa shape index (κ2) is 7.80. The quantitative estimate of drug-likeness (QED) is 0.638. The Morgan fingerprint density at radius 2 is 1.90 bits per heavy atom. The monoisotopic (exact) mass is 331 g/mol. The van der Waals surface area contributed by atoms with Gasteiger partial charge in [-0.15, -0.1) is 0 Å². The molecule has 1 nitrogen and oxygen atoms in total. The molecule has 0 heterocycles. The lowest BCUT2D eigenvalue weighted by Gasteiger charge is -2.31. The number of hydrogen-bond donors (Lipinski definition) is 1. The zero-order valence-corrected chi connectivity index (χ0v) is 14.3. The van der Waals surface area contributed by atoms with E-state index >= 15 is 0 Å². The fraction of sp³-hybridized carbons (Fsp3) is 0.647. The van der Waals surface area contributed by atoms with Crippen LogP contribution < -0.4 is 5.32 Å². The van der Waals surface area contributed by atoms with Gasteiger partial charge in [0.05, 0.1) is 5.02 Å². The summed E-state index contributed by atoms with van der Waals surface area (Å²) in [6.45, 7) is 4.25. The standard InChI is InChI=1S/C17H24Cl2FN/c1-3-4-12-5-7-13(8-6-12)21-11(2)16-14(18)9-10-15(20)17(16)19/h9-13,21H,3-8H2,1-2H3. The predicted octanol–water partition coefficient (Wildman–Crippen LogP) is 6.14. The Bertz CT molecular complexity index is 470. The van der Waals surface area contributed by atoms with E-state index in [1.807, 2.05) is 6.92 Å². The molecule has 1 fully saturated rings. The molecule has 1 saturated carbocycles. The van der Waals surface area contributed by atoms with Crippen LogP contribution in [0.2, 0.25) is 10.0 Å². The molecule has 1 aromatic carbocycles. The van der Waals surface area contributed by atoms with Crippen LogP contribution in [0.5, 0.6) is 0 Å². The van der Waals surface area contributed by atoms with E-state index in [4.69, 9.17) is 23.2 Å². The average molecular weight is 332 g/mol. The molecule has 1 atom stereocenters. The van der Waals surface area contributed by atoms with Crippen molar-refractivity contribution in [3.63, 3.8) is 0 Å². The van der Waals surface area contributed by atoms with Gasteiger partial charge in [0.15, 0.2) is 0 Å². The van der Waals surface area contributed by atoms with Crippen LogP contribution in [-0.2, 0) is 0 Å². The third-order valence-electron chi connectivity index (χ3n) is 4.54. The van der Waals surface area contributed by atoms with E-state index in [0.717, 1.165) is 5.92 Å². The number of halogens is 3. The largest absolute Gasteiger partial charge is 0.307 e. The van der Waals surface area contributed by atoms with Crippen LogP contribution in [0.1, 0.15) is 64.0 Å². The van der Waals surface area contributed by atoms with Gasteiger partial charge in [-0.05, 0) is 50.7 Å². The second-order valence-electron chi connectivity index (χ2n) is 6.15. The molecule has 0 saturated heterocycles. The number of benzene rings is 1. The Morgan fingerprint density at radius 1 is 1.24 bits per heavy atom. The summed E-state index contributed by atoms with van der Waals surface area (Å²) in [5.74, 6) is 0.473. The lowest BCUT2D eigenvalue weighted by atomic mass is 9.83. The van der Waals surface area contributed by atoms with Crippen molar-refractivity contribution >= 4 is 23.2 Å². The highest BCUT2D eigenvalue weighted by atomic mass is 35.5. The maximum atomic E-state index is 13.6. The van der Waals surface area contributed by atoms with Gasteiger partial charge < -0.3 is 5.32 Å². The maximum absolute atomic E-state index is 13.6. The van der Waals surface area contributed by atoms with E-state index < -0.39 is 5.82 Å². The molecule has 1 aromatic rings. The normalized spacial score (nSPS) is 24.0. The maximum Gasteiger partial charge on any atom is 0.142 e. The highest BCUT2D eigenvalue weighted by Crippen LogP contribution is 2.34. The Labute approximate surface area is 137 Å². The number of hydrogen-bond acceptors (Lipinski definition) is 1. The van der Waals surface area contributed by atoms with Crippen LogP contribution in [0.4, 0.5) is 4.39 Å². The molecule has 0 spiro atoms. The first kappa shape index (κ1) is 17.1. The molecule has 0 radical (unpaired) electrons. The zero-order valence-electron chi connectivity index (χ0n) is 12.8. The summed E-state index contributed by atoms with van der Waals surface area (Å²) in [5.41, 5.74) is 0.675. The van der Waals surface area contributed by atoms with Crippen molar-refractivity contribution in [3.05, 3.63) is 33.6 Å². The molecule has 1 aliphatic rings. The van der Waals surface area contributed by atoms with Gasteiger partial charge in [-0.25, -0.2) is 4.39 Å². The third kappa shape index (κ3) is 4.34. The molecule has 1 aliphatic carbocycles. The van der Waals surface area contributed by atoms with E-state index in [-0.39, 0.29) is 11.1 Å². The minimum absolute atomic E-state index is 0.0339. The molecule has 0 bridgehead atoms. The molecule has 0 aromatic heterocycles. The molecule has 1 unspecified atom stereocenters. The minimum Gasteiger partial charge on any atom is -0.307 e. The molecule has 2 rings (SSSR count). The van der Waals surface area contributed by atoms with Gasteiger partial charge in [0.2, 0.25) is 0 Å². The summed E-state index contributed by atoms with van der Waals surface area (Å²) < 4.78 is 13.6. The van der Waals surface area contributed by atoms with Crippen LogP contribution >= 0.6 is 23.2 Å². The van der Waals surface area contributed by atoms with Crippen molar-refractivity contribution in [2.24, 2.45) is 5.92 Å². The summed E-state index contributed by atoms with van der Waals surface area (Å²) in [6.07, 6.45) is 7.53. The molecular formula is C17H24Cl2FN. The summed E-state index contributed by atoms with van der Waals surface area (Å²) in [4.78, 5) is 0. The predicted molar refractivity (Wildman–Crippen MR) is 88.6 cm³/mol. The SMILES string of the molecule is CCCC1CCC(NC(C)c2c(Cl)ccc(F)c2Cl)CC1. The lowest BCUT2D eigenvalue weighted by Crippen LogP contribution is -2.35. The third-order valence-corrected chi connectivity index (χ3v) is 5.26. The van der Waals surface area contributed by atoms with Crippen LogP contribution in [0.15, 0.2) is 12.1 Å². The van der Waals surface area contributed by atoms with Gasteiger partial charge in [-0.3, -0.25) is 0 Å². The van der Waals surface area contributed by atoms with Crippen LogP contribution in [0.3, 0.4) is 0 Å². The average Bonchev–Trinajstić information content (AvgIpc) is 2.46. The Kier molecular flexibility index (Phi) is 6.34. The summed E-state index contributed by atoms with van der Waals surface area (Å²) in [7, 11) is 0. The van der Waals surface area contributed by atoms with E-state index in [1.54, 1.807) is 6.07 Å². The number of rotatable bonds is 5. The fourth-order valence-corrected chi connectivity index (χ4v) is 4.10. The lowest BCUT2D eigenvalue weighted by molar-refractivity contribution is 0.266. The van der Waals surface area contributed by atoms with Crippen molar-refractivity contribution in [1.82, 2.24) is 5.32 Å². The van der Waals surface area contributed by atoms with Gasteiger partial charge in [0, 0.05) is 22.7 Å². The van der Waals surface area contributed by atoms with Crippen molar-refractivity contribution in [2.75, 3.05) is 0 Å². The fourth-order valence-electron chi connectivity index (χ4n) is 3.40. The van der Waals surface area contributed by atoms with Gasteiger partial charge in [0.25, 0.3) is 0 Å². The van der Waals surface area contributed by atoms with E-state index in [1.165, 1.54) is 44.6 Å². The van der Waals surface area contributed by atoms with Crippen LogP contribution in [-0.4, -0.2) is 6.04 Å². The first-order valence-electron chi connectivity index (χ1n) is 7.92. The highest BCUT2D eigenvalue weighted by Gasteiger charge is 2.24. The Balaban J connectivity index is 1.97.